The third kappa shape index (κ3) is 15.7. The van der Waals surface area contributed by atoms with Crippen molar-refractivity contribution in [3.05, 3.63) is 0 Å². The number of aldehydes is 1. The molecule has 6 nitrogen and oxygen atoms in total. The molecule has 6 heteroatoms. The molecule has 0 radical (unpaired) electrons. The molecular weight excluding hydrogens is 272 g/mol. The molecule has 0 atom stereocenters. The highest BCUT2D eigenvalue weighted by Gasteiger charge is 2.02. The number of rotatable bonds is 17. The van der Waals surface area contributed by atoms with Crippen LogP contribution in [0.5, 0.6) is 0 Å². The summed E-state index contributed by atoms with van der Waals surface area (Å²) in [5.41, 5.74) is 0. The lowest BCUT2D eigenvalue weighted by atomic mass is 10.3. The van der Waals surface area contributed by atoms with Crippen LogP contribution in [0.1, 0.15) is 19.8 Å². The van der Waals surface area contributed by atoms with Crippen LogP contribution in [0.2, 0.25) is 0 Å². The summed E-state index contributed by atoms with van der Waals surface area (Å²) in [5, 5.41) is 3.01. The van der Waals surface area contributed by atoms with Gasteiger partial charge in [-0.05, 0) is 20.0 Å². The molecule has 0 spiro atoms. The van der Waals surface area contributed by atoms with Gasteiger partial charge >= 0.3 is 0 Å². The number of hydrogen-bond donors (Lipinski definition) is 1. The van der Waals surface area contributed by atoms with Crippen LogP contribution in [-0.4, -0.2) is 84.1 Å². The Morgan fingerprint density at radius 2 is 1.57 bits per heavy atom. The minimum absolute atomic E-state index is 0.490. The lowest BCUT2D eigenvalue weighted by molar-refractivity contribution is -0.109. The molecule has 126 valence electrons. The van der Waals surface area contributed by atoms with Gasteiger partial charge < -0.3 is 24.3 Å². The maximum atomic E-state index is 10.6. The van der Waals surface area contributed by atoms with E-state index in [4.69, 9.17) is 14.2 Å². The van der Waals surface area contributed by atoms with Gasteiger partial charge in [-0.3, -0.25) is 4.90 Å². The second kappa shape index (κ2) is 17.5. The fourth-order valence-corrected chi connectivity index (χ4v) is 1.69. The minimum atomic E-state index is 0.490. The van der Waals surface area contributed by atoms with E-state index < -0.39 is 0 Å². The molecule has 1 N–H and O–H groups in total. The first kappa shape index (κ1) is 20.5. The molecule has 0 heterocycles. The average molecular weight is 304 g/mol. The summed E-state index contributed by atoms with van der Waals surface area (Å²) >= 11 is 0. The van der Waals surface area contributed by atoms with Crippen molar-refractivity contribution in [2.24, 2.45) is 0 Å². The molecule has 0 aliphatic carbocycles. The Hall–Kier alpha value is -0.530. The van der Waals surface area contributed by atoms with Crippen LogP contribution in [-0.2, 0) is 19.0 Å². The molecule has 0 bridgehead atoms. The summed E-state index contributed by atoms with van der Waals surface area (Å²) < 4.78 is 16.2. The maximum Gasteiger partial charge on any atom is 0.133 e. The molecule has 0 aromatic heterocycles. The Balaban J connectivity index is 3.27. The van der Waals surface area contributed by atoms with Crippen molar-refractivity contribution >= 4 is 6.29 Å². The van der Waals surface area contributed by atoms with E-state index in [1.54, 1.807) is 0 Å². The summed E-state index contributed by atoms with van der Waals surface area (Å²) in [6, 6.07) is 0. The third-order valence-corrected chi connectivity index (χ3v) is 2.95. The minimum Gasteiger partial charge on any atom is -0.378 e. The van der Waals surface area contributed by atoms with E-state index in [9.17, 15) is 4.79 Å². The summed E-state index contributed by atoms with van der Waals surface area (Å²) in [4.78, 5) is 12.7. The largest absolute Gasteiger partial charge is 0.378 e. The Labute approximate surface area is 129 Å². The predicted octanol–water partition coefficient (Wildman–Crippen LogP) is 0.557. The first-order valence-corrected chi connectivity index (χ1v) is 7.89. The van der Waals surface area contributed by atoms with Crippen LogP contribution in [0.25, 0.3) is 0 Å². The second-order valence-electron chi connectivity index (χ2n) is 4.76. The van der Waals surface area contributed by atoms with Crippen LogP contribution in [0, 0.1) is 0 Å². The number of unbranched alkanes of at least 4 members (excludes halogenated alkanes) is 1. The predicted molar refractivity (Wildman–Crippen MR) is 83.8 cm³/mol. The van der Waals surface area contributed by atoms with Crippen LogP contribution in [0.3, 0.4) is 0 Å². The monoisotopic (exact) mass is 304 g/mol. The van der Waals surface area contributed by atoms with Crippen molar-refractivity contribution in [1.29, 1.82) is 0 Å². The first-order chi connectivity index (χ1) is 10.3. The standard InChI is InChI=1S/C15H32N2O4/c1-3-4-6-17(7-9-18)8-11-20-13-15-21-14-12-19-10-5-16-2/h9,16H,3-8,10-15H2,1-2H3. The van der Waals surface area contributed by atoms with E-state index in [0.717, 1.165) is 38.8 Å². The van der Waals surface area contributed by atoms with E-state index in [2.05, 4.69) is 17.1 Å². The fraction of sp³-hybridized carbons (Fsp3) is 0.933. The van der Waals surface area contributed by atoms with Gasteiger partial charge in [0.15, 0.2) is 0 Å². The normalized spacial score (nSPS) is 11.2. The molecule has 0 saturated heterocycles. The zero-order valence-corrected chi connectivity index (χ0v) is 13.6. The Bertz CT molecular complexity index is 218. The molecule has 0 amide bonds. The van der Waals surface area contributed by atoms with E-state index >= 15 is 0 Å². The number of nitrogens with zero attached hydrogens (tertiary/aromatic N) is 1. The van der Waals surface area contributed by atoms with Crippen LogP contribution >= 0.6 is 0 Å². The summed E-state index contributed by atoms with van der Waals surface area (Å²) in [7, 11) is 1.90. The van der Waals surface area contributed by atoms with E-state index in [-0.39, 0.29) is 0 Å². The highest BCUT2D eigenvalue weighted by molar-refractivity contribution is 5.51. The summed E-state index contributed by atoms with van der Waals surface area (Å²) in [6.07, 6.45) is 3.21. The Morgan fingerprint density at radius 3 is 2.14 bits per heavy atom. The van der Waals surface area contributed by atoms with Crippen LogP contribution in [0.4, 0.5) is 0 Å². The number of carbonyl (C=O) groups excluding carboxylic acids is 1. The van der Waals surface area contributed by atoms with Gasteiger partial charge in [-0.25, -0.2) is 0 Å². The van der Waals surface area contributed by atoms with E-state index in [0.29, 0.717) is 46.2 Å². The topological polar surface area (TPSA) is 60.0 Å². The number of likely N-dealkylation sites (N-methyl/N-ethyl adjacent to an activating group) is 1. The van der Waals surface area contributed by atoms with Crippen molar-refractivity contribution in [1.82, 2.24) is 10.2 Å². The zero-order valence-electron chi connectivity index (χ0n) is 13.6. The number of nitrogens with one attached hydrogen (secondary N) is 1. The zero-order chi connectivity index (χ0) is 15.6. The second-order valence-corrected chi connectivity index (χ2v) is 4.76. The van der Waals surface area contributed by atoms with Crippen molar-refractivity contribution in [2.45, 2.75) is 19.8 Å². The van der Waals surface area contributed by atoms with Crippen molar-refractivity contribution in [3.8, 4) is 0 Å². The lowest BCUT2D eigenvalue weighted by Gasteiger charge is -2.19. The third-order valence-electron chi connectivity index (χ3n) is 2.95. The molecular formula is C15H32N2O4. The SMILES string of the molecule is CCCCN(CC=O)CCOCCOCCOCCNC. The molecule has 0 fully saturated rings. The highest BCUT2D eigenvalue weighted by Crippen LogP contribution is 1.94. The van der Waals surface area contributed by atoms with Crippen molar-refractivity contribution in [2.75, 3.05) is 72.9 Å². The number of ether oxygens (including phenoxy) is 3. The van der Waals surface area contributed by atoms with Crippen LogP contribution in [0.15, 0.2) is 0 Å². The summed E-state index contributed by atoms with van der Waals surface area (Å²) in [5.74, 6) is 0. The highest BCUT2D eigenvalue weighted by atomic mass is 16.5. The van der Waals surface area contributed by atoms with E-state index in [1.807, 2.05) is 7.05 Å². The van der Waals surface area contributed by atoms with Gasteiger partial charge in [0.1, 0.15) is 6.29 Å². The average Bonchev–Trinajstić information content (AvgIpc) is 2.50. The summed E-state index contributed by atoms with van der Waals surface area (Å²) in [6.45, 7) is 8.98. The van der Waals surface area contributed by atoms with Crippen molar-refractivity contribution < 1.29 is 19.0 Å². The van der Waals surface area contributed by atoms with Gasteiger partial charge in [-0.15, -0.1) is 0 Å². The van der Waals surface area contributed by atoms with E-state index in [1.165, 1.54) is 0 Å². The molecule has 0 aromatic rings. The molecule has 0 saturated carbocycles. The molecule has 0 aliphatic heterocycles. The number of carbonyl (C=O) groups is 1. The fourth-order valence-electron chi connectivity index (χ4n) is 1.69. The van der Waals surface area contributed by atoms with Gasteiger partial charge in [0.25, 0.3) is 0 Å². The Kier molecular flexibility index (Phi) is 17.1. The molecule has 0 aromatic carbocycles. The van der Waals surface area contributed by atoms with Gasteiger partial charge in [-0.2, -0.15) is 0 Å². The molecule has 0 rings (SSSR count). The van der Waals surface area contributed by atoms with Gasteiger partial charge in [0.05, 0.1) is 46.2 Å². The van der Waals surface area contributed by atoms with Gasteiger partial charge in [0, 0.05) is 13.1 Å². The van der Waals surface area contributed by atoms with Gasteiger partial charge in [0.2, 0.25) is 0 Å². The number of hydrogen-bond acceptors (Lipinski definition) is 6. The Morgan fingerprint density at radius 1 is 0.952 bits per heavy atom. The van der Waals surface area contributed by atoms with Crippen LogP contribution < -0.4 is 5.32 Å². The molecule has 0 unspecified atom stereocenters. The van der Waals surface area contributed by atoms with Crippen molar-refractivity contribution in [3.63, 3.8) is 0 Å². The van der Waals surface area contributed by atoms with Gasteiger partial charge in [-0.1, -0.05) is 13.3 Å². The first-order valence-electron chi connectivity index (χ1n) is 7.89. The smallest absolute Gasteiger partial charge is 0.133 e. The molecule has 21 heavy (non-hydrogen) atoms. The quantitative estimate of drug-likeness (QED) is 0.313. The maximum absolute atomic E-state index is 10.6. The molecule has 0 aliphatic rings. The lowest BCUT2D eigenvalue weighted by Crippen LogP contribution is -2.30.